The van der Waals surface area contributed by atoms with E-state index in [-0.39, 0.29) is 0 Å². The van der Waals surface area contributed by atoms with Gasteiger partial charge in [-0.3, -0.25) is 9.55 Å². The molecule has 0 saturated heterocycles. The third-order valence-electron chi connectivity index (χ3n) is 14.1. The van der Waals surface area contributed by atoms with Crippen LogP contribution in [0.1, 0.15) is 0 Å². The fraction of sp³-hybridized carbons (Fsp3) is 0. The molecule has 14 heteroatoms. The SMILES string of the molecule is c1c[nH]c(Nc2cc(-n3c4ccccc4c4ccccc43)cc3ncc(-c4nc5ncnc6nc(-n7cnc8cc(-n9c%10ccccc%10c%10ccccc%109)cc(Nc9ccc[nH]9)c87)c7ccc4c7n56)cc23)c1. The lowest BCUT2D eigenvalue weighted by atomic mass is 10.1. The van der Waals surface area contributed by atoms with Crippen LogP contribution in [0.25, 0.3) is 122 Å². The first kappa shape index (κ1) is 38.6. The number of pyridine rings is 1. The van der Waals surface area contributed by atoms with Crippen LogP contribution in [0.15, 0.2) is 195 Å². The van der Waals surface area contributed by atoms with Crippen molar-refractivity contribution in [3.05, 3.63) is 195 Å². The molecular weight excluding hydrogens is 893 g/mol. The first-order valence-electron chi connectivity index (χ1n) is 23.7. The van der Waals surface area contributed by atoms with E-state index >= 15 is 0 Å². The lowest BCUT2D eigenvalue weighted by molar-refractivity contribution is 0.978. The van der Waals surface area contributed by atoms with Gasteiger partial charge in [-0.2, -0.15) is 4.98 Å². The molecule has 0 spiro atoms. The van der Waals surface area contributed by atoms with Gasteiger partial charge in [0.05, 0.1) is 72.6 Å². The number of H-pyrrole nitrogens is 2. The van der Waals surface area contributed by atoms with Crippen LogP contribution in [0.2, 0.25) is 0 Å². The molecule has 0 unspecified atom stereocenters. The minimum absolute atomic E-state index is 0.465. The van der Waals surface area contributed by atoms with Crippen molar-refractivity contribution < 1.29 is 0 Å². The third kappa shape index (κ3) is 5.53. The van der Waals surface area contributed by atoms with Gasteiger partial charge in [0.15, 0.2) is 5.82 Å². The molecular formula is C58H36N14. The number of aromatic amines is 2. The van der Waals surface area contributed by atoms with Gasteiger partial charge >= 0.3 is 0 Å². The fourth-order valence-corrected chi connectivity index (χ4v) is 11.1. The van der Waals surface area contributed by atoms with E-state index in [1.807, 2.05) is 53.6 Å². The van der Waals surface area contributed by atoms with Gasteiger partial charge in [-0.25, -0.2) is 24.3 Å². The van der Waals surface area contributed by atoms with Crippen molar-refractivity contribution in [1.29, 1.82) is 0 Å². The Hall–Kier alpha value is -10.3. The standard InChI is InChI=1S/C58H36N14/c1-5-15-47-36(11-1)37-12-2-6-16-48(37)70(47)34-26-43-42(44(27-34)65-51-19-9-23-59-51)25-33(30-61-43)53-40-21-22-41-54(40)72-57(67-53)62-31-63-58(72)68-56(41)69-32-64-45-28-35(29-46(55(45)69)66-52-20-10-24-60-52)71-49-17-7-3-13-38(49)39-14-4-8-18-50(39)71/h1-32,59-60,65-66H. The molecule has 9 aromatic heterocycles. The van der Waals surface area contributed by atoms with Gasteiger partial charge in [0, 0.05) is 61.9 Å². The quantitative estimate of drug-likeness (QED) is 0.118. The molecule has 0 saturated carbocycles. The molecule has 0 atom stereocenters. The van der Waals surface area contributed by atoms with Crippen LogP contribution >= 0.6 is 0 Å². The van der Waals surface area contributed by atoms with E-state index in [1.54, 1.807) is 0 Å². The van der Waals surface area contributed by atoms with E-state index in [0.29, 0.717) is 17.4 Å². The number of anilines is 4. The van der Waals surface area contributed by atoms with Gasteiger partial charge in [0.25, 0.3) is 0 Å². The maximum Gasteiger partial charge on any atom is 0.240 e. The summed E-state index contributed by atoms with van der Waals surface area (Å²) >= 11 is 0. The molecule has 0 aliphatic rings. The van der Waals surface area contributed by atoms with Gasteiger partial charge < -0.3 is 29.7 Å². The highest BCUT2D eigenvalue weighted by molar-refractivity contribution is 6.13. The predicted octanol–water partition coefficient (Wildman–Crippen LogP) is 13.2. The minimum Gasteiger partial charge on any atom is -0.348 e. The van der Waals surface area contributed by atoms with Crippen LogP contribution in [-0.2, 0) is 0 Å². The van der Waals surface area contributed by atoms with Crippen molar-refractivity contribution >= 4 is 116 Å². The summed E-state index contributed by atoms with van der Waals surface area (Å²) in [7, 11) is 0. The highest BCUT2D eigenvalue weighted by atomic mass is 15.2. The Morgan fingerprint density at radius 1 is 0.431 bits per heavy atom. The molecule has 0 radical (unpaired) electrons. The van der Waals surface area contributed by atoms with E-state index in [9.17, 15) is 0 Å². The van der Waals surface area contributed by atoms with Crippen LogP contribution in [-0.4, -0.2) is 58.0 Å². The average Bonchev–Trinajstić information content (AvgIpc) is 4.30. The van der Waals surface area contributed by atoms with Gasteiger partial charge in [0.2, 0.25) is 11.6 Å². The Kier molecular flexibility index (Phi) is 7.82. The molecule has 16 rings (SSSR count). The Morgan fingerprint density at radius 3 is 1.60 bits per heavy atom. The summed E-state index contributed by atoms with van der Waals surface area (Å²) < 4.78 is 8.64. The number of nitrogens with zero attached hydrogens (tertiary/aromatic N) is 10. The number of nitrogens with one attached hydrogen (secondary N) is 4. The smallest absolute Gasteiger partial charge is 0.240 e. The topological polar surface area (TPSA) is 152 Å². The summed E-state index contributed by atoms with van der Waals surface area (Å²) in [5, 5.41) is 14.9. The summed E-state index contributed by atoms with van der Waals surface area (Å²) in [5.74, 6) is 3.33. The normalized spacial score (nSPS) is 12.2. The second-order valence-electron chi connectivity index (χ2n) is 18.1. The van der Waals surface area contributed by atoms with Crippen LogP contribution in [0, 0.1) is 0 Å². The molecule has 0 fully saturated rings. The van der Waals surface area contributed by atoms with Crippen LogP contribution in [0.3, 0.4) is 0 Å². The monoisotopic (exact) mass is 928 g/mol. The summed E-state index contributed by atoms with van der Waals surface area (Å²) in [6, 6.07) is 57.3. The second kappa shape index (κ2) is 14.6. The van der Waals surface area contributed by atoms with E-state index < -0.39 is 0 Å². The second-order valence-corrected chi connectivity index (χ2v) is 18.1. The molecule has 7 aromatic carbocycles. The molecule has 72 heavy (non-hydrogen) atoms. The largest absolute Gasteiger partial charge is 0.348 e. The van der Waals surface area contributed by atoms with Gasteiger partial charge in [-0.1, -0.05) is 72.8 Å². The molecule has 4 N–H and O–H groups in total. The van der Waals surface area contributed by atoms with Crippen molar-refractivity contribution in [3.8, 4) is 28.5 Å². The summed E-state index contributed by atoms with van der Waals surface area (Å²) in [6.07, 6.45) is 9.12. The number of fused-ring (bicyclic) bond motifs is 8. The number of hydrogen-bond acceptors (Lipinski definition) is 8. The Balaban J connectivity index is 0.889. The maximum atomic E-state index is 5.25. The summed E-state index contributed by atoms with van der Waals surface area (Å²) in [5.41, 5.74) is 13.2. The summed E-state index contributed by atoms with van der Waals surface area (Å²) in [6.45, 7) is 0. The zero-order valence-electron chi connectivity index (χ0n) is 37.9. The highest BCUT2D eigenvalue weighted by Gasteiger charge is 2.25. The van der Waals surface area contributed by atoms with E-state index in [4.69, 9.17) is 29.9 Å². The highest BCUT2D eigenvalue weighted by Crippen LogP contribution is 2.42. The third-order valence-corrected chi connectivity index (χ3v) is 14.1. The average molecular weight is 929 g/mol. The number of para-hydroxylation sites is 4. The van der Waals surface area contributed by atoms with Crippen molar-refractivity contribution in [3.63, 3.8) is 0 Å². The molecule has 338 valence electrons. The summed E-state index contributed by atoms with van der Waals surface area (Å²) in [4.78, 5) is 36.9. The minimum atomic E-state index is 0.465. The molecule has 0 bridgehead atoms. The lowest BCUT2D eigenvalue weighted by Gasteiger charge is -2.16. The molecule has 16 aromatic rings. The number of aromatic nitrogens is 12. The van der Waals surface area contributed by atoms with E-state index in [0.717, 1.165) is 106 Å². The van der Waals surface area contributed by atoms with Gasteiger partial charge in [0.1, 0.15) is 24.3 Å². The molecule has 0 amide bonds. The number of hydrogen-bond donors (Lipinski definition) is 4. The first-order chi connectivity index (χ1) is 35.7. The van der Waals surface area contributed by atoms with Crippen molar-refractivity contribution in [1.82, 2.24) is 58.0 Å². The van der Waals surface area contributed by atoms with Crippen LogP contribution < -0.4 is 10.6 Å². The molecule has 0 aliphatic heterocycles. The van der Waals surface area contributed by atoms with Crippen molar-refractivity contribution in [2.24, 2.45) is 0 Å². The van der Waals surface area contributed by atoms with Crippen molar-refractivity contribution in [2.75, 3.05) is 10.6 Å². The Labute approximate surface area is 406 Å². The molecule has 0 aliphatic carbocycles. The van der Waals surface area contributed by atoms with Crippen molar-refractivity contribution in [2.45, 2.75) is 0 Å². The van der Waals surface area contributed by atoms with Crippen LogP contribution in [0.5, 0.6) is 0 Å². The van der Waals surface area contributed by atoms with Crippen LogP contribution in [0.4, 0.5) is 23.0 Å². The zero-order valence-corrected chi connectivity index (χ0v) is 37.9. The first-order valence-corrected chi connectivity index (χ1v) is 23.7. The zero-order chi connectivity index (χ0) is 47.0. The number of benzene rings is 6. The molecule has 9 heterocycles. The predicted molar refractivity (Wildman–Crippen MR) is 287 cm³/mol. The Bertz CT molecular complexity index is 4720. The van der Waals surface area contributed by atoms with Gasteiger partial charge in [-0.05, 0) is 91.0 Å². The molecule has 14 nitrogen and oxygen atoms in total. The van der Waals surface area contributed by atoms with E-state index in [1.165, 1.54) is 27.9 Å². The van der Waals surface area contributed by atoms with E-state index in [2.05, 4.69) is 174 Å². The lowest BCUT2D eigenvalue weighted by Crippen LogP contribution is -2.08. The fourth-order valence-electron chi connectivity index (χ4n) is 11.1. The van der Waals surface area contributed by atoms with Gasteiger partial charge in [-0.15, -0.1) is 0 Å². The maximum absolute atomic E-state index is 5.25. The Morgan fingerprint density at radius 2 is 0.986 bits per heavy atom. The number of imidazole rings is 1. The number of rotatable bonds is 8.